The van der Waals surface area contributed by atoms with E-state index in [0.29, 0.717) is 6.54 Å². The van der Waals surface area contributed by atoms with Gasteiger partial charge in [-0.05, 0) is 45.5 Å². The minimum atomic E-state index is 0.692. The maximum atomic E-state index is 4.26. The number of hydrogen-bond acceptors (Lipinski definition) is 6. The monoisotopic (exact) mass is 367 g/mol. The van der Waals surface area contributed by atoms with E-state index in [9.17, 15) is 0 Å². The molecule has 0 aliphatic heterocycles. The number of thiophene rings is 2. The van der Waals surface area contributed by atoms with E-state index in [1.54, 1.807) is 22.7 Å². The Morgan fingerprint density at radius 2 is 1.48 bits per heavy atom. The van der Waals surface area contributed by atoms with Gasteiger partial charge in [-0.15, -0.1) is 27.8 Å². The lowest BCUT2D eigenvalue weighted by atomic mass is 10.3. The second-order valence-electron chi connectivity index (χ2n) is 5.65. The van der Waals surface area contributed by atoms with Gasteiger partial charge in [0, 0.05) is 22.8 Å². The summed E-state index contributed by atoms with van der Waals surface area (Å²) >= 11 is 3.56. The van der Waals surface area contributed by atoms with E-state index in [4.69, 9.17) is 0 Å². The summed E-state index contributed by atoms with van der Waals surface area (Å²) in [7, 11) is 0. The number of aromatic nitrogens is 4. The quantitative estimate of drug-likeness (QED) is 0.495. The molecule has 0 amide bonds. The molecule has 0 unspecified atom stereocenters. The van der Waals surface area contributed by atoms with Crippen LogP contribution in [0.2, 0.25) is 0 Å². The van der Waals surface area contributed by atoms with E-state index in [-0.39, 0.29) is 0 Å². The van der Waals surface area contributed by atoms with Crippen molar-refractivity contribution in [2.75, 3.05) is 0 Å². The molecule has 0 N–H and O–H groups in total. The zero-order valence-corrected chi connectivity index (χ0v) is 15.2. The van der Waals surface area contributed by atoms with Crippen LogP contribution in [0.5, 0.6) is 0 Å². The van der Waals surface area contributed by atoms with Gasteiger partial charge in [-0.3, -0.25) is 4.90 Å². The van der Waals surface area contributed by atoms with E-state index in [2.05, 4.69) is 55.5 Å². The van der Waals surface area contributed by atoms with Gasteiger partial charge in [-0.2, -0.15) is 4.68 Å². The molecule has 1 aromatic carbocycles. The molecule has 0 saturated carbocycles. The first-order valence-corrected chi connectivity index (χ1v) is 9.74. The summed E-state index contributed by atoms with van der Waals surface area (Å²) in [6, 6.07) is 18.6. The Morgan fingerprint density at radius 1 is 0.800 bits per heavy atom. The van der Waals surface area contributed by atoms with Crippen molar-refractivity contribution in [2.45, 2.75) is 19.6 Å². The third kappa shape index (κ3) is 4.01. The Morgan fingerprint density at radius 3 is 2.08 bits per heavy atom. The SMILES string of the molecule is c1ccc(-n2nnnc2CN(Cc2cccs2)Cc2cccs2)cc1. The fourth-order valence-electron chi connectivity index (χ4n) is 2.69. The smallest absolute Gasteiger partial charge is 0.170 e. The Hall–Kier alpha value is -2.35. The zero-order chi connectivity index (χ0) is 16.9. The lowest BCUT2D eigenvalue weighted by molar-refractivity contribution is 0.243. The molecule has 0 saturated heterocycles. The van der Waals surface area contributed by atoms with Crippen LogP contribution in [0.25, 0.3) is 5.69 Å². The lowest BCUT2D eigenvalue weighted by Crippen LogP contribution is -2.23. The number of para-hydroxylation sites is 1. The Kier molecular flexibility index (Phi) is 4.96. The van der Waals surface area contributed by atoms with Crippen molar-refractivity contribution >= 4 is 22.7 Å². The molecule has 0 atom stereocenters. The zero-order valence-electron chi connectivity index (χ0n) is 13.5. The summed E-state index contributed by atoms with van der Waals surface area (Å²) in [4.78, 5) is 5.06. The molecule has 4 rings (SSSR count). The van der Waals surface area contributed by atoms with Gasteiger partial charge in [0.2, 0.25) is 0 Å². The van der Waals surface area contributed by atoms with Gasteiger partial charge in [0.1, 0.15) is 0 Å². The third-order valence-corrected chi connectivity index (χ3v) is 5.54. The predicted octanol–water partition coefficient (Wildman–Crippen LogP) is 3.99. The standard InChI is InChI=1S/C18H17N5S2/c1-2-6-15(7-3-1)23-18(19-20-21-23)14-22(12-16-8-4-10-24-16)13-17-9-5-11-25-17/h1-11H,12-14H2. The molecule has 3 aromatic heterocycles. The molecular formula is C18H17N5S2. The van der Waals surface area contributed by atoms with Crippen LogP contribution >= 0.6 is 22.7 Å². The van der Waals surface area contributed by atoms with Crippen molar-refractivity contribution in [3.63, 3.8) is 0 Å². The van der Waals surface area contributed by atoms with Crippen LogP contribution in [-0.4, -0.2) is 25.1 Å². The molecule has 0 radical (unpaired) electrons. The largest absolute Gasteiger partial charge is 0.286 e. The van der Waals surface area contributed by atoms with Gasteiger partial charge in [0.25, 0.3) is 0 Å². The number of rotatable bonds is 7. The summed E-state index contributed by atoms with van der Waals surface area (Å²) in [5.74, 6) is 0.847. The van der Waals surface area contributed by atoms with E-state index < -0.39 is 0 Å². The molecule has 5 nitrogen and oxygen atoms in total. The summed E-state index contributed by atoms with van der Waals surface area (Å²) in [5, 5.41) is 16.5. The van der Waals surface area contributed by atoms with Crippen LogP contribution < -0.4 is 0 Å². The summed E-state index contributed by atoms with van der Waals surface area (Å²) in [6.07, 6.45) is 0. The summed E-state index contributed by atoms with van der Waals surface area (Å²) < 4.78 is 1.82. The fourth-order valence-corrected chi connectivity index (χ4v) is 4.18. The second-order valence-corrected chi connectivity index (χ2v) is 7.71. The van der Waals surface area contributed by atoms with Crippen LogP contribution in [0, 0.1) is 0 Å². The van der Waals surface area contributed by atoms with Gasteiger partial charge in [-0.25, -0.2) is 0 Å². The molecule has 25 heavy (non-hydrogen) atoms. The van der Waals surface area contributed by atoms with E-state index in [0.717, 1.165) is 24.6 Å². The minimum Gasteiger partial charge on any atom is -0.286 e. The van der Waals surface area contributed by atoms with Gasteiger partial charge in [-0.1, -0.05) is 30.3 Å². The van der Waals surface area contributed by atoms with Crippen molar-refractivity contribution in [2.24, 2.45) is 0 Å². The molecule has 0 fully saturated rings. The predicted molar refractivity (Wildman–Crippen MR) is 101 cm³/mol. The van der Waals surface area contributed by atoms with Crippen molar-refractivity contribution in [3.05, 3.63) is 80.9 Å². The Labute approximate surface area is 154 Å². The average molecular weight is 368 g/mol. The molecule has 0 aliphatic carbocycles. The van der Waals surface area contributed by atoms with Crippen molar-refractivity contribution in [1.82, 2.24) is 25.1 Å². The molecule has 4 aromatic rings. The van der Waals surface area contributed by atoms with Gasteiger partial charge in [0.15, 0.2) is 5.82 Å². The highest BCUT2D eigenvalue weighted by Crippen LogP contribution is 2.19. The maximum absolute atomic E-state index is 4.26. The van der Waals surface area contributed by atoms with Crippen LogP contribution in [0.1, 0.15) is 15.6 Å². The van der Waals surface area contributed by atoms with Crippen molar-refractivity contribution in [3.8, 4) is 5.69 Å². The molecule has 3 heterocycles. The Bertz CT molecular complexity index is 849. The number of hydrogen-bond donors (Lipinski definition) is 0. The normalized spacial score (nSPS) is 11.2. The summed E-state index contributed by atoms with van der Waals surface area (Å²) in [5.41, 5.74) is 0.981. The number of benzene rings is 1. The fraction of sp³-hybridized carbons (Fsp3) is 0.167. The molecular weight excluding hydrogens is 350 g/mol. The van der Waals surface area contributed by atoms with Crippen LogP contribution in [0.15, 0.2) is 65.4 Å². The Balaban J connectivity index is 1.57. The molecule has 0 spiro atoms. The van der Waals surface area contributed by atoms with Crippen LogP contribution in [0.4, 0.5) is 0 Å². The number of nitrogens with zero attached hydrogens (tertiary/aromatic N) is 5. The number of tetrazole rings is 1. The molecule has 0 bridgehead atoms. The molecule has 0 aliphatic rings. The second kappa shape index (κ2) is 7.69. The first-order valence-electron chi connectivity index (χ1n) is 7.98. The first-order chi connectivity index (χ1) is 12.4. The topological polar surface area (TPSA) is 46.8 Å². The van der Waals surface area contributed by atoms with Crippen LogP contribution in [0.3, 0.4) is 0 Å². The average Bonchev–Trinajstić information content (AvgIpc) is 3.38. The molecule has 7 heteroatoms. The highest BCUT2D eigenvalue weighted by Gasteiger charge is 2.15. The van der Waals surface area contributed by atoms with Gasteiger partial charge < -0.3 is 0 Å². The maximum Gasteiger partial charge on any atom is 0.170 e. The van der Waals surface area contributed by atoms with Crippen molar-refractivity contribution < 1.29 is 0 Å². The van der Waals surface area contributed by atoms with E-state index in [1.165, 1.54) is 9.75 Å². The molecule has 126 valence electrons. The highest BCUT2D eigenvalue weighted by molar-refractivity contribution is 7.10. The highest BCUT2D eigenvalue weighted by atomic mass is 32.1. The lowest BCUT2D eigenvalue weighted by Gasteiger charge is -2.20. The van der Waals surface area contributed by atoms with Crippen LogP contribution in [-0.2, 0) is 19.6 Å². The van der Waals surface area contributed by atoms with E-state index in [1.807, 2.05) is 35.0 Å². The van der Waals surface area contributed by atoms with Gasteiger partial charge >= 0.3 is 0 Å². The van der Waals surface area contributed by atoms with E-state index >= 15 is 0 Å². The summed E-state index contributed by atoms with van der Waals surface area (Å²) in [6.45, 7) is 2.46. The van der Waals surface area contributed by atoms with Crippen molar-refractivity contribution in [1.29, 1.82) is 0 Å². The first kappa shape index (κ1) is 16.1. The van der Waals surface area contributed by atoms with Gasteiger partial charge in [0.05, 0.1) is 12.2 Å². The minimum absolute atomic E-state index is 0.692. The third-order valence-electron chi connectivity index (χ3n) is 3.82.